The van der Waals surface area contributed by atoms with Crippen LogP contribution in [0, 0.1) is 0 Å². The summed E-state index contributed by atoms with van der Waals surface area (Å²) >= 11 is 1.33. The number of thiazole rings is 1. The molecule has 4 heteroatoms. The van der Waals surface area contributed by atoms with E-state index >= 15 is 0 Å². The van der Waals surface area contributed by atoms with E-state index in [9.17, 15) is 9.90 Å². The lowest BCUT2D eigenvalue weighted by Gasteiger charge is -2.30. The highest BCUT2D eigenvalue weighted by atomic mass is 32.1. The van der Waals surface area contributed by atoms with E-state index in [0.717, 1.165) is 17.8 Å². The van der Waals surface area contributed by atoms with Crippen LogP contribution in [-0.4, -0.2) is 16.1 Å². The van der Waals surface area contributed by atoms with Gasteiger partial charge in [-0.15, -0.1) is 11.3 Å². The zero-order valence-corrected chi connectivity index (χ0v) is 13.5. The van der Waals surface area contributed by atoms with Crippen LogP contribution in [0.5, 0.6) is 0 Å². The molecule has 0 fully saturated rings. The zero-order chi connectivity index (χ0) is 15.5. The van der Waals surface area contributed by atoms with Crippen molar-refractivity contribution in [1.82, 2.24) is 4.98 Å². The summed E-state index contributed by atoms with van der Waals surface area (Å²) in [6.45, 7) is 6.24. The third kappa shape index (κ3) is 2.72. The van der Waals surface area contributed by atoms with Gasteiger partial charge in [-0.25, -0.2) is 9.78 Å². The maximum absolute atomic E-state index is 11.4. The summed E-state index contributed by atoms with van der Waals surface area (Å²) in [5.74, 6) is -0.871. The molecule has 1 N–H and O–H groups in total. The molecule has 21 heavy (non-hydrogen) atoms. The van der Waals surface area contributed by atoms with Crippen molar-refractivity contribution in [2.45, 2.75) is 45.4 Å². The van der Waals surface area contributed by atoms with Gasteiger partial charge in [0.15, 0.2) is 0 Å². The van der Waals surface area contributed by atoms with Gasteiger partial charge in [-0.3, -0.25) is 0 Å². The molecule has 0 aliphatic carbocycles. The van der Waals surface area contributed by atoms with Crippen molar-refractivity contribution < 1.29 is 9.90 Å². The summed E-state index contributed by atoms with van der Waals surface area (Å²) in [7, 11) is 0. The van der Waals surface area contributed by atoms with Crippen molar-refractivity contribution in [3.63, 3.8) is 0 Å². The Labute approximate surface area is 129 Å². The lowest BCUT2D eigenvalue weighted by molar-refractivity contribution is 0.0701. The number of aryl methyl sites for hydroxylation is 1. The SMILES string of the molecule is CCc1nc(C(CC)(CC)c2ccccc2)sc1C(=O)O. The van der Waals surface area contributed by atoms with Crippen LogP contribution in [-0.2, 0) is 11.8 Å². The fraction of sp³-hybridized carbons (Fsp3) is 0.412. The molecule has 1 heterocycles. The lowest BCUT2D eigenvalue weighted by atomic mass is 9.76. The van der Waals surface area contributed by atoms with Gasteiger partial charge >= 0.3 is 5.97 Å². The largest absolute Gasteiger partial charge is 0.477 e. The van der Waals surface area contributed by atoms with Crippen LogP contribution < -0.4 is 0 Å². The van der Waals surface area contributed by atoms with E-state index in [1.807, 2.05) is 25.1 Å². The third-order valence-electron chi connectivity index (χ3n) is 4.17. The van der Waals surface area contributed by atoms with Crippen LogP contribution in [0.25, 0.3) is 0 Å². The number of nitrogens with zero attached hydrogens (tertiary/aromatic N) is 1. The number of aromatic carboxylic acids is 1. The first-order valence-electron chi connectivity index (χ1n) is 7.38. The molecule has 112 valence electrons. The lowest BCUT2D eigenvalue weighted by Crippen LogP contribution is -2.25. The van der Waals surface area contributed by atoms with E-state index in [0.29, 0.717) is 17.0 Å². The molecule has 0 atom stereocenters. The summed E-state index contributed by atoms with van der Waals surface area (Å²) in [5, 5.41) is 10.3. The number of hydrogen-bond donors (Lipinski definition) is 1. The molecule has 3 nitrogen and oxygen atoms in total. The summed E-state index contributed by atoms with van der Waals surface area (Å²) in [6.07, 6.45) is 2.46. The Morgan fingerprint density at radius 2 is 1.81 bits per heavy atom. The van der Waals surface area contributed by atoms with E-state index in [-0.39, 0.29) is 5.41 Å². The normalized spacial score (nSPS) is 11.6. The molecule has 0 saturated heterocycles. The van der Waals surface area contributed by atoms with Gasteiger partial charge in [0, 0.05) is 5.41 Å². The smallest absolute Gasteiger partial charge is 0.347 e. The van der Waals surface area contributed by atoms with Crippen LogP contribution in [0.2, 0.25) is 0 Å². The molecule has 2 aromatic rings. The molecule has 0 aliphatic rings. The Balaban J connectivity index is 2.61. The Morgan fingerprint density at radius 3 is 2.24 bits per heavy atom. The molecular weight excluding hydrogens is 282 g/mol. The Bertz CT molecular complexity index is 615. The molecule has 0 amide bonds. The van der Waals surface area contributed by atoms with E-state index in [2.05, 4.69) is 31.0 Å². The van der Waals surface area contributed by atoms with Crippen LogP contribution in [0.1, 0.15) is 59.5 Å². The molecule has 0 aliphatic heterocycles. The number of carbonyl (C=O) groups is 1. The summed E-state index contributed by atoms with van der Waals surface area (Å²) < 4.78 is 0. The van der Waals surface area contributed by atoms with Gasteiger partial charge in [0.1, 0.15) is 9.88 Å². The first-order chi connectivity index (χ1) is 10.1. The highest BCUT2D eigenvalue weighted by Gasteiger charge is 2.35. The summed E-state index contributed by atoms with van der Waals surface area (Å²) in [4.78, 5) is 16.5. The number of carboxylic acid groups (broad SMARTS) is 1. The molecule has 0 bridgehead atoms. The van der Waals surface area contributed by atoms with Gasteiger partial charge in [0.2, 0.25) is 0 Å². The molecule has 0 radical (unpaired) electrons. The maximum atomic E-state index is 11.4. The maximum Gasteiger partial charge on any atom is 0.347 e. The number of hydrogen-bond acceptors (Lipinski definition) is 3. The Morgan fingerprint density at radius 1 is 1.19 bits per heavy atom. The predicted molar refractivity (Wildman–Crippen MR) is 86.3 cm³/mol. The van der Waals surface area contributed by atoms with Gasteiger partial charge in [-0.1, -0.05) is 51.1 Å². The number of aromatic nitrogens is 1. The van der Waals surface area contributed by atoms with Crippen LogP contribution >= 0.6 is 11.3 Å². The minimum Gasteiger partial charge on any atom is -0.477 e. The van der Waals surface area contributed by atoms with Gasteiger partial charge in [-0.05, 0) is 24.8 Å². The monoisotopic (exact) mass is 303 g/mol. The average molecular weight is 303 g/mol. The Kier molecular flexibility index (Phi) is 4.78. The second kappa shape index (κ2) is 6.39. The van der Waals surface area contributed by atoms with Crippen LogP contribution in [0.4, 0.5) is 0 Å². The molecule has 1 aromatic carbocycles. The molecule has 0 saturated carbocycles. The topological polar surface area (TPSA) is 50.2 Å². The van der Waals surface area contributed by atoms with Crippen molar-refractivity contribution in [2.75, 3.05) is 0 Å². The van der Waals surface area contributed by atoms with Gasteiger partial charge in [0.05, 0.1) is 5.69 Å². The minimum atomic E-state index is -0.871. The highest BCUT2D eigenvalue weighted by Crippen LogP contribution is 2.41. The standard InChI is InChI=1S/C17H21NO2S/c1-4-13-14(15(19)20)21-16(18-13)17(5-2,6-3)12-10-8-7-9-11-12/h7-11H,4-6H2,1-3H3,(H,19,20). The molecule has 0 unspecified atom stereocenters. The number of rotatable bonds is 6. The quantitative estimate of drug-likeness (QED) is 0.854. The summed E-state index contributed by atoms with van der Waals surface area (Å²) in [5.41, 5.74) is 1.72. The van der Waals surface area contributed by atoms with E-state index in [1.54, 1.807) is 0 Å². The number of benzene rings is 1. The predicted octanol–water partition coefficient (Wildman–Crippen LogP) is 4.51. The molecule has 2 rings (SSSR count). The van der Waals surface area contributed by atoms with E-state index < -0.39 is 5.97 Å². The van der Waals surface area contributed by atoms with Crippen molar-refractivity contribution in [1.29, 1.82) is 0 Å². The van der Waals surface area contributed by atoms with E-state index in [4.69, 9.17) is 0 Å². The first kappa shape index (κ1) is 15.7. The molecule has 0 spiro atoms. The van der Waals surface area contributed by atoms with Gasteiger partial charge in [-0.2, -0.15) is 0 Å². The summed E-state index contributed by atoms with van der Waals surface area (Å²) in [6, 6.07) is 10.3. The first-order valence-corrected chi connectivity index (χ1v) is 8.19. The fourth-order valence-electron chi connectivity index (χ4n) is 2.80. The van der Waals surface area contributed by atoms with Crippen molar-refractivity contribution in [2.24, 2.45) is 0 Å². The highest BCUT2D eigenvalue weighted by molar-refractivity contribution is 7.13. The van der Waals surface area contributed by atoms with E-state index in [1.165, 1.54) is 16.9 Å². The second-order valence-electron chi connectivity index (χ2n) is 5.11. The van der Waals surface area contributed by atoms with Crippen molar-refractivity contribution in [3.8, 4) is 0 Å². The van der Waals surface area contributed by atoms with Crippen molar-refractivity contribution in [3.05, 3.63) is 51.5 Å². The Hall–Kier alpha value is -1.68. The third-order valence-corrected chi connectivity index (χ3v) is 5.46. The average Bonchev–Trinajstić information content (AvgIpc) is 2.95. The molecular formula is C17H21NO2S. The van der Waals surface area contributed by atoms with Gasteiger partial charge < -0.3 is 5.11 Å². The second-order valence-corrected chi connectivity index (χ2v) is 6.11. The zero-order valence-electron chi connectivity index (χ0n) is 12.7. The van der Waals surface area contributed by atoms with Gasteiger partial charge in [0.25, 0.3) is 0 Å². The minimum absolute atomic E-state index is 0.191. The van der Waals surface area contributed by atoms with Crippen molar-refractivity contribution >= 4 is 17.3 Å². The van der Waals surface area contributed by atoms with Crippen LogP contribution in [0.3, 0.4) is 0 Å². The molecule has 1 aromatic heterocycles. The fourth-order valence-corrected chi connectivity index (χ4v) is 4.15. The van der Waals surface area contributed by atoms with Crippen LogP contribution in [0.15, 0.2) is 30.3 Å². The number of carboxylic acids is 1.